The first-order valence-corrected chi connectivity index (χ1v) is 15.6. The standard InChI is InChI=1S/C29H37ClN4O4S/c1-5-34(6-2)13-12-31-29(36)27-18(3)26(32-19(27)4)16-24-23-15-22(10-11-25(23)33-28(24)35)39(37,38)17-20-8-7-9-21(30)14-20/h7-8,11,14-16,21-22,32H,5-6,9-10,12-13,17H2,1-4H3,(H,31,36)(H,33,35). The molecule has 0 radical (unpaired) electrons. The van der Waals surface area contributed by atoms with Crippen LogP contribution in [0.25, 0.3) is 6.08 Å². The second kappa shape index (κ2) is 12.1. The number of allylic oxidation sites excluding steroid dienone is 5. The number of nitrogens with zero attached hydrogens (tertiary/aromatic N) is 1. The van der Waals surface area contributed by atoms with Gasteiger partial charge in [-0.25, -0.2) is 8.42 Å². The van der Waals surface area contributed by atoms with Crippen molar-refractivity contribution in [2.75, 3.05) is 31.9 Å². The van der Waals surface area contributed by atoms with Crippen molar-refractivity contribution < 1.29 is 18.0 Å². The van der Waals surface area contributed by atoms with Crippen molar-refractivity contribution in [3.05, 3.63) is 75.3 Å². The Hall–Kier alpha value is -2.88. The molecule has 4 rings (SSSR count). The Morgan fingerprint density at radius 3 is 2.64 bits per heavy atom. The number of hydrogen-bond donors (Lipinski definition) is 3. The molecule has 1 aromatic heterocycles. The van der Waals surface area contributed by atoms with Gasteiger partial charge < -0.3 is 20.5 Å². The molecule has 0 saturated carbocycles. The third-order valence-electron chi connectivity index (χ3n) is 7.50. The quantitative estimate of drug-likeness (QED) is 0.292. The molecule has 1 aliphatic heterocycles. The predicted molar refractivity (Wildman–Crippen MR) is 156 cm³/mol. The van der Waals surface area contributed by atoms with Crippen molar-refractivity contribution in [1.29, 1.82) is 0 Å². The van der Waals surface area contributed by atoms with Gasteiger partial charge in [-0.05, 0) is 57.0 Å². The Balaban J connectivity index is 1.56. The highest BCUT2D eigenvalue weighted by molar-refractivity contribution is 7.92. The highest BCUT2D eigenvalue weighted by Crippen LogP contribution is 2.34. The van der Waals surface area contributed by atoms with Gasteiger partial charge in [-0.2, -0.15) is 0 Å². The molecular formula is C29H37ClN4O4S. The molecule has 210 valence electrons. The summed E-state index contributed by atoms with van der Waals surface area (Å²) in [6.07, 6.45) is 11.6. The normalized spacial score (nSPS) is 21.9. The van der Waals surface area contributed by atoms with Crippen molar-refractivity contribution in [3.63, 3.8) is 0 Å². The number of likely N-dealkylation sites (N-methyl/N-ethyl adjacent to an activating group) is 1. The first-order chi connectivity index (χ1) is 18.5. The fourth-order valence-corrected chi connectivity index (χ4v) is 7.12. The molecule has 2 heterocycles. The highest BCUT2D eigenvalue weighted by Gasteiger charge is 2.35. The van der Waals surface area contributed by atoms with Crippen LogP contribution < -0.4 is 10.6 Å². The molecule has 3 aliphatic rings. The van der Waals surface area contributed by atoms with Gasteiger partial charge in [0.25, 0.3) is 11.8 Å². The summed E-state index contributed by atoms with van der Waals surface area (Å²) < 4.78 is 26.5. The second-order valence-corrected chi connectivity index (χ2v) is 12.9. The van der Waals surface area contributed by atoms with Crippen LogP contribution in [0.5, 0.6) is 0 Å². The van der Waals surface area contributed by atoms with Gasteiger partial charge in [0.15, 0.2) is 9.84 Å². The molecule has 2 aliphatic carbocycles. The molecule has 3 N–H and O–H groups in total. The molecular weight excluding hydrogens is 536 g/mol. The van der Waals surface area contributed by atoms with Gasteiger partial charge in [0.1, 0.15) is 0 Å². The minimum Gasteiger partial charge on any atom is -0.358 e. The molecule has 8 nitrogen and oxygen atoms in total. The van der Waals surface area contributed by atoms with E-state index in [9.17, 15) is 18.0 Å². The predicted octanol–water partition coefficient (Wildman–Crippen LogP) is 3.71. The Morgan fingerprint density at radius 2 is 1.95 bits per heavy atom. The average Bonchev–Trinajstić information content (AvgIpc) is 3.35. The van der Waals surface area contributed by atoms with E-state index in [-0.39, 0.29) is 29.4 Å². The van der Waals surface area contributed by atoms with Crippen molar-refractivity contribution in [2.45, 2.75) is 51.2 Å². The van der Waals surface area contributed by atoms with Crippen LogP contribution >= 0.6 is 11.6 Å². The van der Waals surface area contributed by atoms with E-state index < -0.39 is 15.1 Å². The third kappa shape index (κ3) is 6.48. The zero-order valence-corrected chi connectivity index (χ0v) is 24.5. The van der Waals surface area contributed by atoms with Crippen LogP contribution in [-0.4, -0.2) is 72.7 Å². The van der Waals surface area contributed by atoms with Gasteiger partial charge in [-0.15, -0.1) is 11.6 Å². The molecule has 0 bridgehead atoms. The maximum Gasteiger partial charge on any atom is 0.256 e. The molecule has 2 amide bonds. The summed E-state index contributed by atoms with van der Waals surface area (Å²) in [7, 11) is -3.53. The largest absolute Gasteiger partial charge is 0.358 e. The van der Waals surface area contributed by atoms with Gasteiger partial charge >= 0.3 is 0 Å². The number of amides is 2. The smallest absolute Gasteiger partial charge is 0.256 e. The number of carbonyl (C=O) groups excluding carboxylic acids is 2. The molecule has 2 atom stereocenters. The molecule has 1 fully saturated rings. The lowest BCUT2D eigenvalue weighted by Crippen LogP contribution is -2.35. The van der Waals surface area contributed by atoms with Gasteiger partial charge in [-0.1, -0.05) is 44.2 Å². The monoisotopic (exact) mass is 572 g/mol. The maximum absolute atomic E-state index is 13.3. The molecule has 0 spiro atoms. The van der Waals surface area contributed by atoms with Gasteiger partial charge in [0.2, 0.25) is 0 Å². The Bertz CT molecular complexity index is 1410. The molecule has 39 heavy (non-hydrogen) atoms. The third-order valence-corrected chi connectivity index (χ3v) is 9.79. The van der Waals surface area contributed by atoms with Gasteiger partial charge in [0.05, 0.1) is 27.5 Å². The number of hydrogen-bond acceptors (Lipinski definition) is 5. The number of fused-ring (bicyclic) bond motifs is 1. The van der Waals surface area contributed by atoms with Crippen LogP contribution in [0, 0.1) is 13.8 Å². The van der Waals surface area contributed by atoms with Crippen LogP contribution in [0.4, 0.5) is 0 Å². The number of carbonyl (C=O) groups is 2. The molecule has 0 aromatic carbocycles. The average molecular weight is 573 g/mol. The van der Waals surface area contributed by atoms with Gasteiger partial charge in [-0.3, -0.25) is 9.59 Å². The lowest BCUT2D eigenvalue weighted by atomic mass is 9.98. The number of halogens is 1. The summed E-state index contributed by atoms with van der Waals surface area (Å²) in [6, 6.07) is 0. The van der Waals surface area contributed by atoms with Crippen LogP contribution in [0.1, 0.15) is 54.0 Å². The Kier molecular flexibility index (Phi) is 9.03. The van der Waals surface area contributed by atoms with Crippen LogP contribution in [0.2, 0.25) is 0 Å². The van der Waals surface area contributed by atoms with Gasteiger partial charge in [0, 0.05) is 35.7 Å². The summed E-state index contributed by atoms with van der Waals surface area (Å²) in [5.74, 6) is -0.569. The van der Waals surface area contributed by atoms with E-state index in [1.807, 2.05) is 26.0 Å². The van der Waals surface area contributed by atoms with Crippen LogP contribution in [0.3, 0.4) is 0 Å². The second-order valence-electron chi connectivity index (χ2n) is 10.1. The SMILES string of the molecule is CCN(CC)CCNC(=O)c1c(C)[nH]c(C=C2C(=O)NC3=CCC(S(=O)(=O)CC4=CC(Cl)CC=C4)C=C32)c1C. The van der Waals surface area contributed by atoms with Crippen molar-refractivity contribution >= 4 is 39.3 Å². The number of aromatic nitrogens is 1. The number of rotatable bonds is 10. The first kappa shape index (κ1) is 29.1. The summed E-state index contributed by atoms with van der Waals surface area (Å²) in [6.45, 7) is 11.0. The van der Waals surface area contributed by atoms with Crippen LogP contribution in [-0.2, 0) is 14.6 Å². The van der Waals surface area contributed by atoms with Crippen LogP contribution in [0.15, 0.2) is 52.8 Å². The van der Waals surface area contributed by atoms with E-state index in [4.69, 9.17) is 11.6 Å². The highest BCUT2D eigenvalue weighted by atomic mass is 35.5. The van der Waals surface area contributed by atoms with Crippen molar-refractivity contribution in [2.24, 2.45) is 0 Å². The Labute approximate surface area is 235 Å². The Morgan fingerprint density at radius 1 is 1.21 bits per heavy atom. The lowest BCUT2D eigenvalue weighted by molar-refractivity contribution is -0.115. The number of aryl methyl sites for hydroxylation is 1. The lowest BCUT2D eigenvalue weighted by Gasteiger charge is -2.19. The minimum absolute atomic E-state index is 0.105. The number of sulfone groups is 1. The summed E-state index contributed by atoms with van der Waals surface area (Å²) in [5.41, 5.74) is 4.88. The number of H-pyrrole nitrogens is 1. The molecule has 10 heteroatoms. The topological polar surface area (TPSA) is 111 Å². The maximum atomic E-state index is 13.3. The summed E-state index contributed by atoms with van der Waals surface area (Å²) >= 11 is 6.18. The summed E-state index contributed by atoms with van der Waals surface area (Å²) in [5, 5.41) is 4.89. The zero-order chi connectivity index (χ0) is 28.3. The molecule has 2 unspecified atom stereocenters. The zero-order valence-electron chi connectivity index (χ0n) is 22.9. The summed E-state index contributed by atoms with van der Waals surface area (Å²) in [4.78, 5) is 31.4. The number of alkyl halides is 1. The fourth-order valence-electron chi connectivity index (χ4n) is 5.25. The van der Waals surface area contributed by atoms with E-state index in [0.29, 0.717) is 52.3 Å². The van der Waals surface area contributed by atoms with E-state index in [0.717, 1.165) is 25.2 Å². The number of aromatic amines is 1. The van der Waals surface area contributed by atoms with Crippen molar-refractivity contribution in [1.82, 2.24) is 20.5 Å². The molecule has 1 saturated heterocycles. The number of nitrogens with one attached hydrogen (secondary N) is 3. The van der Waals surface area contributed by atoms with E-state index >= 15 is 0 Å². The molecule has 1 aromatic rings. The fraction of sp³-hybridized carbons (Fsp3) is 0.448. The van der Waals surface area contributed by atoms with Crippen molar-refractivity contribution in [3.8, 4) is 0 Å². The first-order valence-electron chi connectivity index (χ1n) is 13.4. The van der Waals surface area contributed by atoms with E-state index in [1.54, 1.807) is 24.3 Å². The van der Waals surface area contributed by atoms with E-state index in [2.05, 4.69) is 34.4 Å². The van der Waals surface area contributed by atoms with E-state index in [1.165, 1.54) is 0 Å². The minimum atomic E-state index is -3.53.